The Balaban J connectivity index is 1.65. The molecule has 34 heavy (non-hydrogen) atoms. The lowest BCUT2D eigenvalue weighted by Crippen LogP contribution is -2.55. The van der Waals surface area contributed by atoms with Crippen molar-refractivity contribution in [2.24, 2.45) is 0 Å². The molecule has 2 aromatic rings. The van der Waals surface area contributed by atoms with Crippen LogP contribution in [0.25, 0.3) is 0 Å². The maximum absolute atomic E-state index is 13.1. The predicted molar refractivity (Wildman–Crippen MR) is 126 cm³/mol. The number of methoxy groups -OCH3 is 1. The van der Waals surface area contributed by atoms with E-state index in [-0.39, 0.29) is 25.0 Å². The number of fused-ring (bicyclic) bond motifs is 3. The molecule has 2 aromatic carbocycles. The molecule has 1 aliphatic heterocycles. The van der Waals surface area contributed by atoms with Gasteiger partial charge in [0.2, 0.25) is 11.8 Å². The van der Waals surface area contributed by atoms with Gasteiger partial charge in [-0.05, 0) is 36.3 Å². The largest absolute Gasteiger partial charge is 0.497 e. The van der Waals surface area contributed by atoms with E-state index in [0.717, 1.165) is 16.9 Å². The monoisotopic (exact) mass is 466 g/mol. The second-order valence-electron chi connectivity index (χ2n) is 8.49. The second-order valence-corrected chi connectivity index (χ2v) is 8.49. The summed E-state index contributed by atoms with van der Waals surface area (Å²) in [6.45, 7) is 1.71. The minimum Gasteiger partial charge on any atom is -0.497 e. The van der Waals surface area contributed by atoms with Gasteiger partial charge in [0.1, 0.15) is 23.7 Å². The highest BCUT2D eigenvalue weighted by molar-refractivity contribution is 5.96. The third-order valence-corrected chi connectivity index (χ3v) is 6.42. The average Bonchev–Trinajstić information content (AvgIpc) is 3.24. The molecule has 4 unspecified atom stereocenters. The first-order valence-electron chi connectivity index (χ1n) is 11.4. The highest BCUT2D eigenvalue weighted by Gasteiger charge is 2.50. The maximum Gasteiger partial charge on any atom is 0.247 e. The van der Waals surface area contributed by atoms with Gasteiger partial charge in [-0.3, -0.25) is 9.59 Å². The van der Waals surface area contributed by atoms with Crippen LogP contribution < -0.4 is 14.8 Å². The van der Waals surface area contributed by atoms with Crippen LogP contribution >= 0.6 is 0 Å². The predicted octanol–water partition coefficient (Wildman–Crippen LogP) is 1.41. The lowest BCUT2D eigenvalue weighted by atomic mass is 9.77. The highest BCUT2D eigenvalue weighted by Crippen LogP contribution is 2.47. The van der Waals surface area contributed by atoms with Gasteiger partial charge >= 0.3 is 0 Å². The third-order valence-electron chi connectivity index (χ3n) is 6.42. The molecule has 0 fully saturated rings. The first-order valence-corrected chi connectivity index (χ1v) is 11.4. The molecule has 4 rings (SSSR count). The number of carbonyl (C=O) groups excluding carboxylic acids is 2. The summed E-state index contributed by atoms with van der Waals surface area (Å²) in [5, 5.41) is 23.2. The Morgan fingerprint density at radius 1 is 1.18 bits per heavy atom. The summed E-state index contributed by atoms with van der Waals surface area (Å²) < 4.78 is 11.4. The van der Waals surface area contributed by atoms with Gasteiger partial charge in [-0.1, -0.05) is 30.3 Å². The number of hydrogen-bond acceptors (Lipinski definition) is 6. The number of para-hydroxylation sites is 1. The number of amides is 2. The Bertz CT molecular complexity index is 1080. The second kappa shape index (κ2) is 10.3. The van der Waals surface area contributed by atoms with Gasteiger partial charge < -0.3 is 29.9 Å². The van der Waals surface area contributed by atoms with Crippen molar-refractivity contribution in [3.8, 4) is 11.5 Å². The van der Waals surface area contributed by atoms with E-state index < -0.39 is 24.2 Å². The summed E-state index contributed by atoms with van der Waals surface area (Å²) in [6, 6.07) is 14.3. The smallest absolute Gasteiger partial charge is 0.247 e. The van der Waals surface area contributed by atoms with Crippen molar-refractivity contribution in [3.63, 3.8) is 0 Å². The Morgan fingerprint density at radius 2 is 1.97 bits per heavy atom. The average molecular weight is 467 g/mol. The van der Waals surface area contributed by atoms with E-state index in [0.29, 0.717) is 24.3 Å². The van der Waals surface area contributed by atoms with Gasteiger partial charge in [-0.25, -0.2) is 0 Å². The molecule has 2 amide bonds. The van der Waals surface area contributed by atoms with Crippen molar-refractivity contribution < 1.29 is 29.3 Å². The van der Waals surface area contributed by atoms with Crippen LogP contribution in [-0.4, -0.2) is 72.0 Å². The van der Waals surface area contributed by atoms with Crippen molar-refractivity contribution in [1.29, 1.82) is 0 Å². The number of hydrogen-bond donors (Lipinski definition) is 3. The molecule has 1 aliphatic carbocycles. The molecular weight excluding hydrogens is 436 g/mol. The zero-order valence-corrected chi connectivity index (χ0v) is 19.3. The van der Waals surface area contributed by atoms with E-state index in [9.17, 15) is 14.7 Å². The number of benzene rings is 2. The van der Waals surface area contributed by atoms with Crippen LogP contribution in [0.1, 0.15) is 24.0 Å². The standard InChI is InChI=1S/C26H30N2O6/c1-16(30)28(12-10-17-6-5-7-18(14-17)33-2)21-15-20(26(32)27-11-13-29)23-19-8-3-4-9-22(19)34-25(23)24(21)31/h3-9,14-15,21,23-25,29,31H,10-13H2,1-2H3,(H,27,32). The fraction of sp³-hybridized carbons (Fsp3) is 0.385. The van der Waals surface area contributed by atoms with Crippen LogP contribution in [0.4, 0.5) is 0 Å². The van der Waals surface area contributed by atoms with Gasteiger partial charge in [0.05, 0.1) is 25.7 Å². The molecule has 2 aliphatic rings. The zero-order chi connectivity index (χ0) is 24.2. The fourth-order valence-electron chi connectivity index (χ4n) is 4.79. The van der Waals surface area contributed by atoms with Gasteiger partial charge in [-0.2, -0.15) is 0 Å². The highest BCUT2D eigenvalue weighted by atomic mass is 16.5. The molecule has 0 radical (unpaired) electrons. The number of ether oxygens (including phenoxy) is 2. The van der Waals surface area contributed by atoms with Gasteiger partial charge in [0.25, 0.3) is 0 Å². The van der Waals surface area contributed by atoms with Crippen LogP contribution in [0.2, 0.25) is 0 Å². The maximum atomic E-state index is 13.1. The number of nitrogens with zero attached hydrogens (tertiary/aromatic N) is 1. The number of aliphatic hydroxyl groups excluding tert-OH is 2. The molecule has 0 aromatic heterocycles. The molecule has 0 saturated heterocycles. The van der Waals surface area contributed by atoms with Gasteiger partial charge in [0, 0.05) is 31.1 Å². The molecular formula is C26H30N2O6. The Hall–Kier alpha value is -3.36. The quantitative estimate of drug-likeness (QED) is 0.543. The summed E-state index contributed by atoms with van der Waals surface area (Å²) in [4.78, 5) is 27.3. The van der Waals surface area contributed by atoms with E-state index in [1.165, 1.54) is 6.92 Å². The molecule has 1 heterocycles. The Morgan fingerprint density at radius 3 is 2.71 bits per heavy atom. The van der Waals surface area contributed by atoms with E-state index >= 15 is 0 Å². The molecule has 8 heteroatoms. The first kappa shape index (κ1) is 23.8. The van der Waals surface area contributed by atoms with Crippen LogP contribution in [0.5, 0.6) is 11.5 Å². The van der Waals surface area contributed by atoms with Crippen molar-refractivity contribution in [2.45, 2.75) is 37.5 Å². The van der Waals surface area contributed by atoms with Crippen LogP contribution in [0.3, 0.4) is 0 Å². The van der Waals surface area contributed by atoms with Crippen LogP contribution in [0, 0.1) is 0 Å². The number of nitrogens with one attached hydrogen (secondary N) is 1. The summed E-state index contributed by atoms with van der Waals surface area (Å²) in [6.07, 6.45) is 0.494. The number of aliphatic hydroxyl groups is 2. The molecule has 0 saturated carbocycles. The molecule has 3 N–H and O–H groups in total. The zero-order valence-electron chi connectivity index (χ0n) is 19.3. The topological polar surface area (TPSA) is 108 Å². The van der Waals surface area contributed by atoms with E-state index in [4.69, 9.17) is 14.6 Å². The summed E-state index contributed by atoms with van der Waals surface area (Å²) in [5.74, 6) is 0.314. The molecule has 8 nitrogen and oxygen atoms in total. The fourth-order valence-corrected chi connectivity index (χ4v) is 4.79. The SMILES string of the molecule is COc1cccc(CCN(C(C)=O)C2C=C(C(=O)NCCO)C3c4ccccc4OC3C2O)c1. The lowest BCUT2D eigenvalue weighted by Gasteiger charge is -2.40. The van der Waals surface area contributed by atoms with Crippen molar-refractivity contribution >= 4 is 11.8 Å². The number of carbonyl (C=O) groups is 2. The first-order chi connectivity index (χ1) is 16.4. The lowest BCUT2D eigenvalue weighted by molar-refractivity contribution is -0.134. The molecule has 0 spiro atoms. The normalized spacial score (nSPS) is 22.6. The Kier molecular flexibility index (Phi) is 7.19. The van der Waals surface area contributed by atoms with Crippen molar-refractivity contribution in [3.05, 3.63) is 71.3 Å². The molecule has 4 atom stereocenters. The molecule has 180 valence electrons. The third kappa shape index (κ3) is 4.64. The van der Waals surface area contributed by atoms with Gasteiger partial charge in [0.15, 0.2) is 0 Å². The van der Waals surface area contributed by atoms with E-state index in [2.05, 4.69) is 5.32 Å². The molecule has 0 bridgehead atoms. The van der Waals surface area contributed by atoms with E-state index in [1.807, 2.05) is 48.5 Å². The minimum absolute atomic E-state index is 0.107. The van der Waals surface area contributed by atoms with E-state index in [1.54, 1.807) is 18.1 Å². The Labute approximate surface area is 198 Å². The summed E-state index contributed by atoms with van der Waals surface area (Å²) in [7, 11) is 1.60. The summed E-state index contributed by atoms with van der Waals surface area (Å²) >= 11 is 0. The summed E-state index contributed by atoms with van der Waals surface area (Å²) in [5.41, 5.74) is 2.23. The number of rotatable bonds is 8. The van der Waals surface area contributed by atoms with Gasteiger partial charge in [-0.15, -0.1) is 0 Å². The van der Waals surface area contributed by atoms with Crippen LogP contribution in [0.15, 0.2) is 60.2 Å². The van der Waals surface area contributed by atoms with Crippen LogP contribution in [-0.2, 0) is 16.0 Å². The minimum atomic E-state index is -1.03. The van der Waals surface area contributed by atoms with Crippen molar-refractivity contribution in [2.75, 3.05) is 26.8 Å². The van der Waals surface area contributed by atoms with Crippen molar-refractivity contribution in [1.82, 2.24) is 10.2 Å².